The van der Waals surface area contributed by atoms with E-state index in [9.17, 15) is 5.11 Å². The van der Waals surface area contributed by atoms with Crippen molar-refractivity contribution in [2.45, 2.75) is 39.7 Å². The Morgan fingerprint density at radius 2 is 1.81 bits per heavy atom. The fourth-order valence-corrected chi connectivity index (χ4v) is 3.16. The van der Waals surface area contributed by atoms with Crippen LogP contribution in [0, 0.1) is 11.8 Å². The van der Waals surface area contributed by atoms with Crippen LogP contribution in [0.25, 0.3) is 0 Å². The number of hydrogen-bond acceptors (Lipinski definition) is 3. The Bertz CT molecular complexity index is 508. The van der Waals surface area contributed by atoms with Crippen molar-refractivity contribution >= 4 is 29.9 Å². The number of aliphatic imine (C=N–C) groups is 1. The van der Waals surface area contributed by atoms with Crippen LogP contribution in [0.4, 0.5) is 0 Å². The Hall–Kier alpha value is -0.860. The van der Waals surface area contributed by atoms with Crippen LogP contribution in [-0.2, 0) is 0 Å². The smallest absolute Gasteiger partial charge is 0.191 e. The Morgan fingerprint density at radius 1 is 1.15 bits per heavy atom. The lowest BCUT2D eigenvalue weighted by molar-refractivity contribution is 0.245. The summed E-state index contributed by atoms with van der Waals surface area (Å²) in [4.78, 5) is 7.00. The molecule has 0 saturated carbocycles. The molecule has 0 fully saturated rings. The third kappa shape index (κ3) is 10.9. The highest BCUT2D eigenvalue weighted by molar-refractivity contribution is 14.0. The van der Waals surface area contributed by atoms with Gasteiger partial charge in [-0.05, 0) is 51.3 Å². The number of aliphatic hydroxyl groups excluding tert-OH is 1. The fraction of sp³-hybridized carbons (Fsp3) is 0.667. The fourth-order valence-electron chi connectivity index (χ4n) is 3.16. The van der Waals surface area contributed by atoms with Crippen LogP contribution in [0.5, 0.6) is 0 Å². The Labute approximate surface area is 183 Å². The van der Waals surface area contributed by atoms with Gasteiger partial charge in [0.15, 0.2) is 5.96 Å². The highest BCUT2D eigenvalue weighted by Crippen LogP contribution is 2.17. The number of nitrogens with zero attached hydrogens (tertiary/aromatic N) is 2. The van der Waals surface area contributed by atoms with E-state index in [1.165, 1.54) is 5.56 Å². The highest BCUT2D eigenvalue weighted by Gasteiger charge is 2.15. The van der Waals surface area contributed by atoms with Crippen molar-refractivity contribution in [2.75, 3.05) is 40.3 Å². The molecule has 0 aliphatic rings. The quantitative estimate of drug-likeness (QED) is 0.253. The molecular weight excluding hydrogens is 451 g/mol. The Balaban J connectivity index is 0.00000676. The van der Waals surface area contributed by atoms with Crippen LogP contribution in [-0.4, -0.2) is 56.3 Å². The van der Waals surface area contributed by atoms with Gasteiger partial charge in [-0.1, -0.05) is 44.2 Å². The van der Waals surface area contributed by atoms with Crippen LogP contribution in [0.2, 0.25) is 0 Å². The predicted octanol–water partition coefficient (Wildman–Crippen LogP) is 3.51. The van der Waals surface area contributed by atoms with Gasteiger partial charge in [0.2, 0.25) is 0 Å². The van der Waals surface area contributed by atoms with Gasteiger partial charge in [0.25, 0.3) is 0 Å². The average molecular weight is 490 g/mol. The maximum atomic E-state index is 9.30. The number of benzene rings is 1. The van der Waals surface area contributed by atoms with Crippen LogP contribution in [0.1, 0.15) is 45.2 Å². The van der Waals surface area contributed by atoms with Gasteiger partial charge in [0.05, 0.1) is 6.04 Å². The third-order valence-corrected chi connectivity index (χ3v) is 4.46. The van der Waals surface area contributed by atoms with Crippen molar-refractivity contribution in [1.29, 1.82) is 0 Å². The SMILES string of the molecule is CCNC(=NCC(CCO)CC(C)C)NCC(c1ccccc1)N(C)C.I. The van der Waals surface area contributed by atoms with E-state index in [1.807, 2.05) is 6.07 Å². The molecule has 3 N–H and O–H groups in total. The monoisotopic (exact) mass is 490 g/mol. The first-order chi connectivity index (χ1) is 12.5. The molecule has 27 heavy (non-hydrogen) atoms. The standard InChI is InChI=1S/C21H38N4O.HI/c1-6-22-21(23-15-18(12-13-26)14-17(2)3)24-16-20(25(4)5)19-10-8-7-9-11-19;/h7-11,17-18,20,26H,6,12-16H2,1-5H3,(H2,22,23,24);1H. The molecule has 1 aromatic rings. The number of hydrogen-bond donors (Lipinski definition) is 3. The van der Waals surface area contributed by atoms with Gasteiger partial charge < -0.3 is 20.6 Å². The molecule has 0 aliphatic carbocycles. The summed E-state index contributed by atoms with van der Waals surface area (Å²) in [6, 6.07) is 10.8. The van der Waals surface area contributed by atoms with Crippen LogP contribution in [0.3, 0.4) is 0 Å². The normalized spacial score (nSPS) is 14.0. The Kier molecular flexibility index (Phi) is 14.6. The maximum absolute atomic E-state index is 9.30. The number of aliphatic hydroxyl groups is 1. The largest absolute Gasteiger partial charge is 0.396 e. The zero-order chi connectivity index (χ0) is 19.4. The second kappa shape index (κ2) is 15.1. The van der Waals surface area contributed by atoms with E-state index in [-0.39, 0.29) is 36.6 Å². The molecular formula is C21H39IN4O. The number of halogens is 1. The molecule has 156 valence electrons. The summed E-state index contributed by atoms with van der Waals surface area (Å²) in [7, 11) is 4.20. The minimum Gasteiger partial charge on any atom is -0.396 e. The molecule has 0 aromatic heterocycles. The zero-order valence-electron chi connectivity index (χ0n) is 17.6. The summed E-state index contributed by atoms with van der Waals surface area (Å²) >= 11 is 0. The topological polar surface area (TPSA) is 59.9 Å². The number of nitrogens with one attached hydrogen (secondary N) is 2. The van der Waals surface area contributed by atoms with Gasteiger partial charge in [-0.15, -0.1) is 24.0 Å². The molecule has 0 heterocycles. The molecule has 2 unspecified atom stereocenters. The molecule has 0 amide bonds. The molecule has 0 aliphatic heterocycles. The van der Waals surface area contributed by atoms with E-state index < -0.39 is 0 Å². The lowest BCUT2D eigenvalue weighted by atomic mass is 9.94. The number of rotatable bonds is 11. The van der Waals surface area contributed by atoms with Crippen molar-refractivity contribution < 1.29 is 5.11 Å². The predicted molar refractivity (Wildman–Crippen MR) is 127 cm³/mol. The van der Waals surface area contributed by atoms with Gasteiger partial charge in [-0.25, -0.2) is 0 Å². The highest BCUT2D eigenvalue weighted by atomic mass is 127. The molecule has 1 rings (SSSR count). The summed E-state index contributed by atoms with van der Waals surface area (Å²) in [5.74, 6) is 1.89. The van der Waals surface area contributed by atoms with Crippen LogP contribution >= 0.6 is 24.0 Å². The van der Waals surface area contributed by atoms with E-state index in [0.717, 1.165) is 38.4 Å². The second-order valence-corrected chi connectivity index (χ2v) is 7.50. The first-order valence-electron chi connectivity index (χ1n) is 9.82. The van der Waals surface area contributed by atoms with Crippen molar-refractivity contribution in [3.05, 3.63) is 35.9 Å². The molecule has 1 aromatic carbocycles. The molecule has 6 heteroatoms. The molecule has 0 bridgehead atoms. The lowest BCUT2D eigenvalue weighted by Crippen LogP contribution is -2.42. The molecule has 0 spiro atoms. The summed E-state index contributed by atoms with van der Waals surface area (Å²) in [5, 5.41) is 16.1. The van der Waals surface area contributed by atoms with Crippen LogP contribution in [0.15, 0.2) is 35.3 Å². The maximum Gasteiger partial charge on any atom is 0.191 e. The first-order valence-corrected chi connectivity index (χ1v) is 9.82. The molecule has 0 saturated heterocycles. The van der Waals surface area contributed by atoms with Gasteiger partial charge in [-0.2, -0.15) is 0 Å². The van der Waals surface area contributed by atoms with E-state index in [0.29, 0.717) is 11.8 Å². The van der Waals surface area contributed by atoms with Crippen molar-refractivity contribution in [2.24, 2.45) is 16.8 Å². The van der Waals surface area contributed by atoms with Gasteiger partial charge >= 0.3 is 0 Å². The number of guanidine groups is 1. The molecule has 5 nitrogen and oxygen atoms in total. The minimum absolute atomic E-state index is 0. The van der Waals surface area contributed by atoms with Gasteiger partial charge in [0.1, 0.15) is 0 Å². The summed E-state index contributed by atoms with van der Waals surface area (Å²) < 4.78 is 0. The van der Waals surface area contributed by atoms with E-state index in [4.69, 9.17) is 4.99 Å². The van der Waals surface area contributed by atoms with E-state index >= 15 is 0 Å². The van der Waals surface area contributed by atoms with E-state index in [1.54, 1.807) is 0 Å². The van der Waals surface area contributed by atoms with Crippen LogP contribution < -0.4 is 10.6 Å². The third-order valence-electron chi connectivity index (χ3n) is 4.46. The van der Waals surface area contributed by atoms with Crippen molar-refractivity contribution in [3.8, 4) is 0 Å². The van der Waals surface area contributed by atoms with Gasteiger partial charge in [-0.3, -0.25) is 4.99 Å². The molecule has 2 atom stereocenters. The average Bonchev–Trinajstić information content (AvgIpc) is 2.60. The first kappa shape index (κ1) is 26.1. The van der Waals surface area contributed by atoms with Crippen molar-refractivity contribution in [3.63, 3.8) is 0 Å². The Morgan fingerprint density at radius 3 is 2.33 bits per heavy atom. The minimum atomic E-state index is 0. The zero-order valence-corrected chi connectivity index (χ0v) is 19.9. The second-order valence-electron chi connectivity index (χ2n) is 7.50. The number of likely N-dealkylation sites (N-methyl/N-ethyl adjacent to an activating group) is 1. The summed E-state index contributed by atoms with van der Waals surface area (Å²) in [6.45, 7) is 9.12. The lowest BCUT2D eigenvalue weighted by Gasteiger charge is -2.26. The summed E-state index contributed by atoms with van der Waals surface area (Å²) in [5.41, 5.74) is 1.29. The van der Waals surface area contributed by atoms with Gasteiger partial charge in [0, 0.05) is 26.2 Å². The summed E-state index contributed by atoms with van der Waals surface area (Å²) in [6.07, 6.45) is 1.90. The van der Waals surface area contributed by atoms with Crippen molar-refractivity contribution in [1.82, 2.24) is 15.5 Å². The van der Waals surface area contributed by atoms with E-state index in [2.05, 4.69) is 74.7 Å². The molecule has 0 radical (unpaired) electrons.